The van der Waals surface area contributed by atoms with Gasteiger partial charge in [-0.2, -0.15) is 0 Å². The second-order valence-corrected chi connectivity index (χ2v) is 3.26. The van der Waals surface area contributed by atoms with Crippen molar-refractivity contribution in [1.29, 1.82) is 0 Å². The molecule has 4 nitrogen and oxygen atoms in total. The van der Waals surface area contributed by atoms with E-state index in [0.29, 0.717) is 24.2 Å². The van der Waals surface area contributed by atoms with Crippen molar-refractivity contribution in [2.45, 2.75) is 0 Å². The predicted molar refractivity (Wildman–Crippen MR) is 56.2 cm³/mol. The quantitative estimate of drug-likeness (QED) is 0.671. The van der Waals surface area contributed by atoms with Crippen molar-refractivity contribution in [3.8, 4) is 0 Å². The van der Waals surface area contributed by atoms with Crippen LogP contribution in [0, 0.1) is 0 Å². The fourth-order valence-electron chi connectivity index (χ4n) is 1.40. The van der Waals surface area contributed by atoms with Crippen LogP contribution in [-0.4, -0.2) is 36.5 Å². The van der Waals surface area contributed by atoms with Crippen molar-refractivity contribution in [1.82, 2.24) is 4.90 Å². The van der Waals surface area contributed by atoms with Gasteiger partial charge in [0, 0.05) is 17.7 Å². The molecule has 0 atom stereocenters. The van der Waals surface area contributed by atoms with Crippen molar-refractivity contribution in [2.24, 2.45) is 4.99 Å². The Hall–Kier alpha value is -1.97. The summed E-state index contributed by atoms with van der Waals surface area (Å²) in [5, 5.41) is 0. The molecule has 0 aliphatic carbocycles. The van der Waals surface area contributed by atoms with E-state index in [1.807, 2.05) is 0 Å². The lowest BCUT2D eigenvalue weighted by Crippen LogP contribution is -2.27. The van der Waals surface area contributed by atoms with Crippen LogP contribution in [0.3, 0.4) is 0 Å². The number of carbonyl (C=O) groups is 2. The van der Waals surface area contributed by atoms with Crippen molar-refractivity contribution in [2.75, 3.05) is 13.1 Å². The summed E-state index contributed by atoms with van der Waals surface area (Å²) in [6.07, 6.45) is 2.31. The summed E-state index contributed by atoms with van der Waals surface area (Å²) in [5.74, 6) is -0.0753. The fraction of sp³-hybridized carbons (Fsp3) is 0.182. The first-order valence-corrected chi connectivity index (χ1v) is 4.67. The third-order valence-corrected chi connectivity index (χ3v) is 2.25. The zero-order valence-corrected chi connectivity index (χ0v) is 8.09. The zero-order chi connectivity index (χ0) is 10.7. The summed E-state index contributed by atoms with van der Waals surface area (Å²) in [6.45, 7) is 1.30. The molecule has 76 valence electrons. The van der Waals surface area contributed by atoms with Crippen LogP contribution in [-0.2, 0) is 0 Å². The van der Waals surface area contributed by atoms with Crippen molar-refractivity contribution in [3.05, 3.63) is 35.4 Å². The van der Waals surface area contributed by atoms with Gasteiger partial charge in [-0.1, -0.05) is 12.1 Å². The minimum atomic E-state index is -0.0753. The summed E-state index contributed by atoms with van der Waals surface area (Å²) < 4.78 is 0. The lowest BCUT2D eigenvalue weighted by atomic mass is 10.1. The molecule has 1 aromatic carbocycles. The number of rotatable bonds is 2. The molecule has 15 heavy (non-hydrogen) atoms. The molecule has 0 unspecified atom stereocenters. The molecule has 0 saturated heterocycles. The molecule has 0 N–H and O–H groups in total. The van der Waals surface area contributed by atoms with Gasteiger partial charge in [-0.25, -0.2) is 0 Å². The van der Waals surface area contributed by atoms with Gasteiger partial charge in [-0.15, -0.1) is 0 Å². The van der Waals surface area contributed by atoms with Crippen LogP contribution in [0.5, 0.6) is 0 Å². The van der Waals surface area contributed by atoms with Crippen LogP contribution < -0.4 is 0 Å². The standard InChI is InChI=1S/C11H10N2O2/c14-7-9-1-3-10(4-2-9)11(15)13-6-5-12-8-13/h1-4,7-8H,5-6H2. The second-order valence-electron chi connectivity index (χ2n) is 3.26. The highest BCUT2D eigenvalue weighted by Crippen LogP contribution is 2.07. The van der Waals surface area contributed by atoms with E-state index in [-0.39, 0.29) is 5.91 Å². The third-order valence-electron chi connectivity index (χ3n) is 2.25. The minimum Gasteiger partial charge on any atom is -0.298 e. The van der Waals surface area contributed by atoms with Crippen molar-refractivity contribution < 1.29 is 9.59 Å². The summed E-state index contributed by atoms with van der Waals surface area (Å²) >= 11 is 0. The van der Waals surface area contributed by atoms with Crippen molar-refractivity contribution in [3.63, 3.8) is 0 Å². The third kappa shape index (κ3) is 1.93. The zero-order valence-electron chi connectivity index (χ0n) is 8.09. The molecule has 0 aromatic heterocycles. The minimum absolute atomic E-state index is 0.0753. The van der Waals surface area contributed by atoms with E-state index in [4.69, 9.17) is 0 Å². The van der Waals surface area contributed by atoms with Gasteiger partial charge in [-0.05, 0) is 12.1 Å². The van der Waals surface area contributed by atoms with E-state index in [1.165, 1.54) is 0 Å². The highest BCUT2D eigenvalue weighted by molar-refractivity contribution is 6.01. The van der Waals surface area contributed by atoms with Gasteiger partial charge in [0.05, 0.1) is 12.9 Å². The SMILES string of the molecule is O=Cc1ccc(C(=O)N2C=NCC2)cc1. The normalized spacial score (nSPS) is 14.3. The van der Waals surface area contributed by atoms with Crippen LogP contribution in [0.2, 0.25) is 0 Å². The molecule has 1 heterocycles. The van der Waals surface area contributed by atoms with Gasteiger partial charge in [0.2, 0.25) is 0 Å². The van der Waals surface area contributed by atoms with E-state index < -0.39 is 0 Å². The predicted octanol–water partition coefficient (Wildman–Crippen LogP) is 0.983. The number of aliphatic imine (C=N–C) groups is 1. The van der Waals surface area contributed by atoms with E-state index in [0.717, 1.165) is 6.29 Å². The lowest BCUT2D eigenvalue weighted by Gasteiger charge is -2.11. The summed E-state index contributed by atoms with van der Waals surface area (Å²) in [5.41, 5.74) is 1.15. The molecule has 4 heteroatoms. The molecule has 0 fully saturated rings. The number of aldehydes is 1. The Bertz CT molecular complexity index is 409. The molecule has 0 spiro atoms. The smallest absolute Gasteiger partial charge is 0.259 e. The molecule has 0 saturated carbocycles. The lowest BCUT2D eigenvalue weighted by molar-refractivity contribution is 0.0862. The molecule has 0 bridgehead atoms. The number of nitrogens with zero attached hydrogens (tertiary/aromatic N) is 2. The molecule has 1 aromatic rings. The highest BCUT2D eigenvalue weighted by atomic mass is 16.2. The van der Waals surface area contributed by atoms with E-state index in [1.54, 1.807) is 35.5 Å². The molecule has 1 aliphatic heterocycles. The monoisotopic (exact) mass is 202 g/mol. The van der Waals surface area contributed by atoms with E-state index >= 15 is 0 Å². The molecule has 2 rings (SSSR count). The Kier molecular flexibility index (Phi) is 2.58. The van der Waals surface area contributed by atoms with Gasteiger partial charge < -0.3 is 0 Å². The van der Waals surface area contributed by atoms with Crippen molar-refractivity contribution >= 4 is 18.5 Å². The fourth-order valence-corrected chi connectivity index (χ4v) is 1.40. The van der Waals surface area contributed by atoms with Crippen LogP contribution in [0.25, 0.3) is 0 Å². The van der Waals surface area contributed by atoms with E-state index in [9.17, 15) is 9.59 Å². The Morgan fingerprint density at radius 2 is 2.07 bits per heavy atom. The maximum atomic E-state index is 11.8. The van der Waals surface area contributed by atoms with Gasteiger partial charge in [-0.3, -0.25) is 19.5 Å². The number of hydrogen-bond acceptors (Lipinski definition) is 3. The first kappa shape index (κ1) is 9.58. The molecule has 1 aliphatic rings. The van der Waals surface area contributed by atoms with Crippen LogP contribution in [0.1, 0.15) is 20.7 Å². The van der Waals surface area contributed by atoms with Gasteiger partial charge >= 0.3 is 0 Å². The summed E-state index contributed by atoms with van der Waals surface area (Å²) in [6, 6.07) is 6.57. The molecule has 0 radical (unpaired) electrons. The van der Waals surface area contributed by atoms with Crippen LogP contribution in [0.15, 0.2) is 29.3 Å². The largest absolute Gasteiger partial charge is 0.298 e. The Morgan fingerprint density at radius 3 is 2.60 bits per heavy atom. The average Bonchev–Trinajstić information content (AvgIpc) is 2.82. The Labute approximate surface area is 87.2 Å². The molecular weight excluding hydrogens is 192 g/mol. The topological polar surface area (TPSA) is 49.7 Å². The molecular formula is C11H10N2O2. The summed E-state index contributed by atoms with van der Waals surface area (Å²) in [7, 11) is 0. The highest BCUT2D eigenvalue weighted by Gasteiger charge is 2.15. The number of benzene rings is 1. The Balaban J connectivity index is 2.18. The van der Waals surface area contributed by atoms with Gasteiger partial charge in [0.1, 0.15) is 6.29 Å². The molecule has 1 amide bonds. The number of amides is 1. The van der Waals surface area contributed by atoms with Crippen LogP contribution >= 0.6 is 0 Å². The maximum absolute atomic E-state index is 11.8. The number of hydrogen-bond donors (Lipinski definition) is 0. The van der Waals surface area contributed by atoms with E-state index in [2.05, 4.69) is 4.99 Å². The summed E-state index contributed by atoms with van der Waals surface area (Å²) in [4.78, 5) is 27.8. The average molecular weight is 202 g/mol. The first-order valence-electron chi connectivity index (χ1n) is 4.67. The Morgan fingerprint density at radius 1 is 1.33 bits per heavy atom. The second kappa shape index (κ2) is 4.04. The van der Waals surface area contributed by atoms with Gasteiger partial charge in [0.25, 0.3) is 5.91 Å². The maximum Gasteiger partial charge on any atom is 0.259 e. The van der Waals surface area contributed by atoms with Gasteiger partial charge in [0.15, 0.2) is 0 Å². The first-order chi connectivity index (χ1) is 7.31. The van der Waals surface area contributed by atoms with Crippen LogP contribution in [0.4, 0.5) is 0 Å². The number of carbonyl (C=O) groups excluding carboxylic acids is 2.